The smallest absolute Gasteiger partial charge is 0.262 e. The fourth-order valence-corrected chi connectivity index (χ4v) is 4.08. The Hall–Kier alpha value is -2.08. The van der Waals surface area contributed by atoms with Gasteiger partial charge < -0.3 is 5.32 Å². The Labute approximate surface area is 165 Å². The summed E-state index contributed by atoms with van der Waals surface area (Å²) in [6, 6.07) is 20.1. The van der Waals surface area contributed by atoms with Crippen LogP contribution in [0.3, 0.4) is 0 Å². The Morgan fingerprint density at radius 3 is 2.38 bits per heavy atom. The standard InChI is InChI=1S/C20H16ClNO2S2/c21-16-10-8-15(9-11-16)18(23)20(22-19(24)17-7-4-12-25-17)26-13-14-5-2-1-3-6-14/h1-12,20H,13H2,(H,22,24)/t20-/m0/s1. The summed E-state index contributed by atoms with van der Waals surface area (Å²) in [6.07, 6.45) is 0. The highest BCUT2D eigenvalue weighted by Crippen LogP contribution is 2.22. The molecule has 26 heavy (non-hydrogen) atoms. The van der Waals surface area contributed by atoms with Crippen LogP contribution in [0, 0.1) is 0 Å². The molecule has 6 heteroatoms. The summed E-state index contributed by atoms with van der Waals surface area (Å²) < 4.78 is 0. The van der Waals surface area contributed by atoms with Gasteiger partial charge in [0.15, 0.2) is 5.78 Å². The van der Waals surface area contributed by atoms with E-state index >= 15 is 0 Å². The molecule has 3 nitrogen and oxygen atoms in total. The van der Waals surface area contributed by atoms with Crippen LogP contribution in [0.2, 0.25) is 5.02 Å². The zero-order valence-electron chi connectivity index (χ0n) is 13.7. The minimum Gasteiger partial charge on any atom is -0.332 e. The lowest BCUT2D eigenvalue weighted by molar-refractivity contribution is 0.0894. The molecular weight excluding hydrogens is 386 g/mol. The highest BCUT2D eigenvalue weighted by atomic mass is 35.5. The Morgan fingerprint density at radius 1 is 1.00 bits per heavy atom. The Balaban J connectivity index is 1.76. The third-order valence-corrected chi connectivity index (χ3v) is 5.92. The molecule has 0 radical (unpaired) electrons. The van der Waals surface area contributed by atoms with Gasteiger partial charge in [0.1, 0.15) is 5.37 Å². The number of thiophene rings is 1. The van der Waals surface area contributed by atoms with Gasteiger partial charge in [0.25, 0.3) is 5.91 Å². The molecule has 3 rings (SSSR count). The first-order valence-electron chi connectivity index (χ1n) is 7.93. The number of amides is 1. The molecule has 0 aliphatic carbocycles. The minimum absolute atomic E-state index is 0.146. The molecule has 3 aromatic rings. The summed E-state index contributed by atoms with van der Waals surface area (Å²) in [5, 5.41) is 4.58. The van der Waals surface area contributed by atoms with E-state index in [4.69, 9.17) is 11.6 Å². The van der Waals surface area contributed by atoms with Gasteiger partial charge in [-0.3, -0.25) is 9.59 Å². The van der Waals surface area contributed by atoms with Crippen molar-refractivity contribution in [1.82, 2.24) is 5.32 Å². The van der Waals surface area contributed by atoms with Crippen LogP contribution in [0.1, 0.15) is 25.6 Å². The number of nitrogens with one attached hydrogen (secondary N) is 1. The third-order valence-electron chi connectivity index (χ3n) is 3.63. The average molecular weight is 402 g/mol. The summed E-state index contributed by atoms with van der Waals surface area (Å²) >= 11 is 8.65. The molecule has 0 saturated carbocycles. The highest BCUT2D eigenvalue weighted by molar-refractivity contribution is 7.99. The maximum Gasteiger partial charge on any atom is 0.262 e. The van der Waals surface area contributed by atoms with Crippen LogP contribution in [-0.4, -0.2) is 17.1 Å². The maximum atomic E-state index is 12.9. The van der Waals surface area contributed by atoms with Crippen molar-refractivity contribution in [2.24, 2.45) is 0 Å². The monoisotopic (exact) mass is 401 g/mol. The van der Waals surface area contributed by atoms with Crippen molar-refractivity contribution >= 4 is 46.4 Å². The van der Waals surface area contributed by atoms with Crippen LogP contribution in [0.25, 0.3) is 0 Å². The molecule has 0 fully saturated rings. The van der Waals surface area contributed by atoms with E-state index in [0.717, 1.165) is 5.56 Å². The van der Waals surface area contributed by atoms with Crippen molar-refractivity contribution in [3.05, 3.63) is 93.1 Å². The number of rotatable bonds is 7. The van der Waals surface area contributed by atoms with Gasteiger partial charge >= 0.3 is 0 Å². The molecule has 132 valence electrons. The first kappa shape index (κ1) is 18.7. The first-order chi connectivity index (χ1) is 12.6. The van der Waals surface area contributed by atoms with Gasteiger partial charge in [0, 0.05) is 16.3 Å². The minimum atomic E-state index is -0.675. The van der Waals surface area contributed by atoms with E-state index < -0.39 is 5.37 Å². The van der Waals surface area contributed by atoms with Crippen LogP contribution < -0.4 is 5.32 Å². The number of hydrogen-bond donors (Lipinski definition) is 1. The average Bonchev–Trinajstić information content (AvgIpc) is 3.21. The molecule has 1 atom stereocenters. The number of halogens is 1. The quantitative estimate of drug-likeness (QED) is 0.433. The molecule has 1 amide bonds. The fourth-order valence-electron chi connectivity index (χ4n) is 2.30. The molecule has 1 aromatic heterocycles. The Morgan fingerprint density at radius 2 is 1.73 bits per heavy atom. The van der Waals surface area contributed by atoms with Gasteiger partial charge in [0.05, 0.1) is 4.88 Å². The lowest BCUT2D eigenvalue weighted by atomic mass is 10.1. The third kappa shape index (κ3) is 4.97. The lowest BCUT2D eigenvalue weighted by Crippen LogP contribution is -2.38. The predicted octanol–water partition coefficient (Wildman–Crippen LogP) is 5.27. The predicted molar refractivity (Wildman–Crippen MR) is 109 cm³/mol. The van der Waals surface area contributed by atoms with Crippen molar-refractivity contribution in [2.75, 3.05) is 0 Å². The van der Waals surface area contributed by atoms with Crippen LogP contribution in [-0.2, 0) is 5.75 Å². The second kappa shape index (κ2) is 9.03. The summed E-state index contributed by atoms with van der Waals surface area (Å²) in [7, 11) is 0. The number of carbonyl (C=O) groups is 2. The highest BCUT2D eigenvalue weighted by Gasteiger charge is 2.23. The molecule has 0 aliphatic rings. The molecule has 0 saturated heterocycles. The molecular formula is C20H16ClNO2S2. The van der Waals surface area contributed by atoms with E-state index in [-0.39, 0.29) is 11.7 Å². The number of thioether (sulfide) groups is 1. The molecule has 1 heterocycles. The van der Waals surface area contributed by atoms with Gasteiger partial charge in [-0.2, -0.15) is 0 Å². The Kier molecular flexibility index (Phi) is 6.50. The molecule has 0 aliphatic heterocycles. The largest absolute Gasteiger partial charge is 0.332 e. The van der Waals surface area contributed by atoms with E-state index in [2.05, 4.69) is 5.32 Å². The van der Waals surface area contributed by atoms with Gasteiger partial charge in [-0.15, -0.1) is 23.1 Å². The second-order valence-corrected chi connectivity index (χ2v) is 7.98. The van der Waals surface area contributed by atoms with Crippen molar-refractivity contribution in [2.45, 2.75) is 11.1 Å². The van der Waals surface area contributed by atoms with Crippen molar-refractivity contribution < 1.29 is 9.59 Å². The maximum absolute atomic E-state index is 12.9. The number of carbonyl (C=O) groups excluding carboxylic acids is 2. The van der Waals surface area contributed by atoms with Gasteiger partial charge in [-0.25, -0.2) is 0 Å². The summed E-state index contributed by atoms with van der Waals surface area (Å²) in [6.45, 7) is 0. The second-order valence-electron chi connectivity index (χ2n) is 5.50. The van der Waals surface area contributed by atoms with Gasteiger partial charge in [0.2, 0.25) is 0 Å². The topological polar surface area (TPSA) is 46.2 Å². The summed E-state index contributed by atoms with van der Waals surface area (Å²) in [4.78, 5) is 25.9. The lowest BCUT2D eigenvalue weighted by Gasteiger charge is -2.17. The van der Waals surface area contributed by atoms with Crippen LogP contribution in [0.5, 0.6) is 0 Å². The fraction of sp³-hybridized carbons (Fsp3) is 0.100. The zero-order valence-corrected chi connectivity index (χ0v) is 16.1. The van der Waals surface area contributed by atoms with Crippen molar-refractivity contribution in [3.8, 4) is 0 Å². The normalized spacial score (nSPS) is 11.7. The summed E-state index contributed by atoms with van der Waals surface area (Å²) in [5.74, 6) is 0.232. The Bertz CT molecular complexity index is 865. The van der Waals surface area contributed by atoms with E-state index in [1.807, 2.05) is 41.8 Å². The van der Waals surface area contributed by atoms with E-state index in [0.29, 0.717) is 21.2 Å². The summed E-state index contributed by atoms with van der Waals surface area (Å²) in [5.41, 5.74) is 1.61. The van der Waals surface area contributed by atoms with Crippen LogP contribution in [0.4, 0.5) is 0 Å². The van der Waals surface area contributed by atoms with Crippen LogP contribution in [0.15, 0.2) is 72.1 Å². The van der Waals surface area contributed by atoms with Crippen molar-refractivity contribution in [1.29, 1.82) is 0 Å². The number of ketones is 1. The number of benzene rings is 2. The van der Waals surface area contributed by atoms with E-state index in [9.17, 15) is 9.59 Å². The van der Waals surface area contributed by atoms with E-state index in [1.165, 1.54) is 23.1 Å². The van der Waals surface area contributed by atoms with Gasteiger partial charge in [-0.05, 0) is 41.3 Å². The molecule has 2 aromatic carbocycles. The van der Waals surface area contributed by atoms with E-state index in [1.54, 1.807) is 30.3 Å². The zero-order chi connectivity index (χ0) is 18.4. The number of hydrogen-bond acceptors (Lipinski definition) is 4. The molecule has 0 unspecified atom stereocenters. The first-order valence-corrected chi connectivity index (χ1v) is 10.2. The molecule has 0 bridgehead atoms. The van der Waals surface area contributed by atoms with Crippen LogP contribution >= 0.6 is 34.7 Å². The molecule has 0 spiro atoms. The van der Waals surface area contributed by atoms with Crippen molar-refractivity contribution in [3.63, 3.8) is 0 Å². The number of Topliss-reactive ketones (excluding diaryl/α,β-unsaturated/α-hetero) is 1. The van der Waals surface area contributed by atoms with Gasteiger partial charge in [-0.1, -0.05) is 48.0 Å². The molecule has 1 N–H and O–H groups in total. The SMILES string of the molecule is O=C(N[C@@H](SCc1ccccc1)C(=O)c1ccc(Cl)cc1)c1cccs1.